The van der Waals surface area contributed by atoms with Crippen LogP contribution in [0.5, 0.6) is 5.75 Å². The molecule has 0 fully saturated rings. The summed E-state index contributed by atoms with van der Waals surface area (Å²) in [5.41, 5.74) is 6.33. The van der Waals surface area contributed by atoms with E-state index >= 15 is 0 Å². The summed E-state index contributed by atoms with van der Waals surface area (Å²) in [6.07, 6.45) is 0.0680. The second-order valence-corrected chi connectivity index (χ2v) is 3.69. The van der Waals surface area contributed by atoms with Gasteiger partial charge in [0.1, 0.15) is 17.3 Å². The maximum absolute atomic E-state index is 5.52. The van der Waals surface area contributed by atoms with Gasteiger partial charge in [0.2, 0.25) is 0 Å². The summed E-state index contributed by atoms with van der Waals surface area (Å²) in [5.74, 6) is 0.754. The largest absolute Gasteiger partial charge is 0.491 e. The Hall–Kier alpha value is -1.13. The summed E-state index contributed by atoms with van der Waals surface area (Å²) >= 11 is 4.88. The van der Waals surface area contributed by atoms with E-state index in [0.29, 0.717) is 11.6 Å². The van der Waals surface area contributed by atoms with E-state index in [0.717, 1.165) is 11.3 Å². The van der Waals surface area contributed by atoms with Gasteiger partial charge in [0.05, 0.1) is 6.10 Å². The first kappa shape index (κ1) is 11.9. The Labute approximate surface area is 95.2 Å². The lowest BCUT2D eigenvalue weighted by atomic mass is 10.2. The number of thiocarbonyl (C=S) groups is 1. The number of methoxy groups -OCH3 is 1. The van der Waals surface area contributed by atoms with E-state index < -0.39 is 0 Å². The van der Waals surface area contributed by atoms with Gasteiger partial charge in [0, 0.05) is 12.7 Å². The maximum Gasteiger partial charge on any atom is 0.120 e. The van der Waals surface area contributed by atoms with Crippen molar-refractivity contribution >= 4 is 17.2 Å². The first-order chi connectivity index (χ1) is 7.13. The Morgan fingerprint density at radius 3 is 2.87 bits per heavy atom. The minimum absolute atomic E-state index is 0.0680. The standard InChI is InChI=1S/C11H15NO2S/c1-8(13-2)7-14-10-5-3-4-9(6-10)11(12)15/h3-6,8H,7H2,1-2H3,(H2,12,15). The maximum atomic E-state index is 5.52. The van der Waals surface area contributed by atoms with Crippen LogP contribution >= 0.6 is 12.2 Å². The highest BCUT2D eigenvalue weighted by Gasteiger charge is 2.02. The van der Waals surface area contributed by atoms with Gasteiger partial charge in [-0.25, -0.2) is 0 Å². The molecule has 15 heavy (non-hydrogen) atoms. The van der Waals surface area contributed by atoms with Gasteiger partial charge < -0.3 is 15.2 Å². The van der Waals surface area contributed by atoms with Crippen molar-refractivity contribution in [2.75, 3.05) is 13.7 Å². The zero-order valence-electron chi connectivity index (χ0n) is 8.90. The van der Waals surface area contributed by atoms with Crippen LogP contribution in [0.4, 0.5) is 0 Å². The molecule has 1 rings (SSSR count). The van der Waals surface area contributed by atoms with Crippen molar-refractivity contribution in [1.29, 1.82) is 0 Å². The summed E-state index contributed by atoms with van der Waals surface area (Å²) in [6, 6.07) is 7.41. The van der Waals surface area contributed by atoms with Gasteiger partial charge in [-0.2, -0.15) is 0 Å². The minimum Gasteiger partial charge on any atom is -0.491 e. The lowest BCUT2D eigenvalue weighted by molar-refractivity contribution is 0.0716. The molecule has 0 aliphatic carbocycles. The van der Waals surface area contributed by atoms with Crippen molar-refractivity contribution in [2.24, 2.45) is 5.73 Å². The third-order valence-electron chi connectivity index (χ3n) is 2.01. The molecule has 2 N–H and O–H groups in total. The van der Waals surface area contributed by atoms with E-state index in [1.165, 1.54) is 0 Å². The Morgan fingerprint density at radius 2 is 2.27 bits per heavy atom. The van der Waals surface area contributed by atoms with E-state index in [2.05, 4.69) is 0 Å². The van der Waals surface area contributed by atoms with Gasteiger partial charge in [0.15, 0.2) is 0 Å². The van der Waals surface area contributed by atoms with Gasteiger partial charge >= 0.3 is 0 Å². The van der Waals surface area contributed by atoms with E-state index in [1.807, 2.05) is 31.2 Å². The molecule has 1 atom stereocenters. The Balaban J connectivity index is 2.62. The number of hydrogen-bond acceptors (Lipinski definition) is 3. The summed E-state index contributed by atoms with van der Waals surface area (Å²) in [7, 11) is 1.65. The summed E-state index contributed by atoms with van der Waals surface area (Å²) in [4.78, 5) is 0.375. The second kappa shape index (κ2) is 5.68. The van der Waals surface area contributed by atoms with Crippen LogP contribution in [0.3, 0.4) is 0 Å². The molecule has 0 aromatic heterocycles. The smallest absolute Gasteiger partial charge is 0.120 e. The molecule has 0 aliphatic rings. The molecule has 1 aromatic carbocycles. The molecule has 0 spiro atoms. The highest BCUT2D eigenvalue weighted by Crippen LogP contribution is 2.13. The first-order valence-corrected chi connectivity index (χ1v) is 5.09. The lowest BCUT2D eigenvalue weighted by Gasteiger charge is -2.11. The zero-order valence-corrected chi connectivity index (χ0v) is 9.71. The van der Waals surface area contributed by atoms with Crippen molar-refractivity contribution < 1.29 is 9.47 Å². The summed E-state index contributed by atoms with van der Waals surface area (Å²) in [6.45, 7) is 2.45. The van der Waals surface area contributed by atoms with Gasteiger partial charge in [0.25, 0.3) is 0 Å². The molecule has 0 heterocycles. The van der Waals surface area contributed by atoms with Gasteiger partial charge in [-0.05, 0) is 19.1 Å². The minimum atomic E-state index is 0.0680. The Kier molecular flexibility index (Phi) is 4.52. The fourth-order valence-electron chi connectivity index (χ4n) is 1.02. The Bertz CT molecular complexity index is 341. The van der Waals surface area contributed by atoms with Crippen LogP contribution in [0.2, 0.25) is 0 Å². The average molecular weight is 225 g/mol. The van der Waals surface area contributed by atoms with Crippen LogP contribution in [0, 0.1) is 0 Å². The number of nitrogens with two attached hydrogens (primary N) is 1. The third-order valence-corrected chi connectivity index (χ3v) is 2.24. The predicted molar refractivity (Wildman–Crippen MR) is 64.3 cm³/mol. The van der Waals surface area contributed by atoms with Crippen molar-refractivity contribution in [1.82, 2.24) is 0 Å². The van der Waals surface area contributed by atoms with Gasteiger partial charge in [-0.1, -0.05) is 24.4 Å². The molecular formula is C11H15NO2S. The van der Waals surface area contributed by atoms with Crippen molar-refractivity contribution in [2.45, 2.75) is 13.0 Å². The van der Waals surface area contributed by atoms with Gasteiger partial charge in [-0.15, -0.1) is 0 Å². The fraction of sp³-hybridized carbons (Fsp3) is 0.364. The number of benzene rings is 1. The molecule has 1 unspecified atom stereocenters. The summed E-state index contributed by atoms with van der Waals surface area (Å²) < 4.78 is 10.6. The quantitative estimate of drug-likeness (QED) is 0.775. The highest BCUT2D eigenvalue weighted by molar-refractivity contribution is 7.80. The van der Waals surface area contributed by atoms with Crippen molar-refractivity contribution in [3.63, 3.8) is 0 Å². The molecule has 0 aliphatic heterocycles. The molecule has 0 radical (unpaired) electrons. The average Bonchev–Trinajstić information content (AvgIpc) is 2.26. The molecule has 3 nitrogen and oxygen atoms in total. The molecule has 0 amide bonds. The van der Waals surface area contributed by atoms with Crippen LogP contribution in [0.25, 0.3) is 0 Å². The summed E-state index contributed by atoms with van der Waals surface area (Å²) in [5, 5.41) is 0. The molecule has 0 saturated heterocycles. The first-order valence-electron chi connectivity index (χ1n) is 4.69. The van der Waals surface area contributed by atoms with Crippen LogP contribution in [0.15, 0.2) is 24.3 Å². The predicted octanol–water partition coefficient (Wildman–Crippen LogP) is 1.73. The van der Waals surface area contributed by atoms with Gasteiger partial charge in [-0.3, -0.25) is 0 Å². The van der Waals surface area contributed by atoms with E-state index in [9.17, 15) is 0 Å². The van der Waals surface area contributed by atoms with E-state index in [4.69, 9.17) is 27.4 Å². The number of hydrogen-bond donors (Lipinski definition) is 1. The topological polar surface area (TPSA) is 44.5 Å². The van der Waals surface area contributed by atoms with Crippen LogP contribution < -0.4 is 10.5 Å². The Morgan fingerprint density at radius 1 is 1.53 bits per heavy atom. The fourth-order valence-corrected chi connectivity index (χ4v) is 1.15. The molecule has 0 saturated carbocycles. The van der Waals surface area contributed by atoms with Crippen molar-refractivity contribution in [3.8, 4) is 5.75 Å². The lowest BCUT2D eigenvalue weighted by Crippen LogP contribution is -2.16. The molecule has 1 aromatic rings. The second-order valence-electron chi connectivity index (χ2n) is 3.25. The monoisotopic (exact) mass is 225 g/mol. The van der Waals surface area contributed by atoms with Crippen LogP contribution in [0.1, 0.15) is 12.5 Å². The number of ether oxygens (including phenoxy) is 2. The van der Waals surface area contributed by atoms with Crippen LogP contribution in [-0.4, -0.2) is 24.8 Å². The third kappa shape index (κ3) is 3.85. The molecule has 82 valence electrons. The molecular weight excluding hydrogens is 210 g/mol. The number of rotatable bonds is 5. The SMILES string of the molecule is COC(C)COc1cccc(C(N)=S)c1. The highest BCUT2D eigenvalue weighted by atomic mass is 32.1. The van der Waals surface area contributed by atoms with E-state index in [-0.39, 0.29) is 6.10 Å². The van der Waals surface area contributed by atoms with E-state index in [1.54, 1.807) is 7.11 Å². The molecule has 4 heteroatoms. The zero-order chi connectivity index (χ0) is 11.3. The van der Waals surface area contributed by atoms with Crippen molar-refractivity contribution in [3.05, 3.63) is 29.8 Å². The molecule has 0 bridgehead atoms. The normalized spacial score (nSPS) is 12.1. The van der Waals surface area contributed by atoms with Crippen LogP contribution in [-0.2, 0) is 4.74 Å².